The van der Waals surface area contributed by atoms with Gasteiger partial charge < -0.3 is 8.83 Å². The highest BCUT2D eigenvalue weighted by atomic mass is 16.3. The van der Waals surface area contributed by atoms with Gasteiger partial charge in [0.15, 0.2) is 0 Å². The molecule has 2 heteroatoms. The first-order chi connectivity index (χ1) is 19.8. The highest BCUT2D eigenvalue weighted by Crippen LogP contribution is 2.38. The Labute approximate surface area is 238 Å². The molecular formula is C38H44O2. The van der Waals surface area contributed by atoms with E-state index in [-0.39, 0.29) is 0 Å². The predicted octanol–water partition coefficient (Wildman–Crippen LogP) is 12.4. The second-order valence-corrected chi connectivity index (χ2v) is 11.8. The maximum Gasteiger partial charge on any atom is 0.134 e. The van der Waals surface area contributed by atoms with Crippen LogP contribution in [0, 0.1) is 0 Å². The lowest BCUT2D eigenvalue weighted by molar-refractivity contribution is 0.521. The number of fused-ring (bicyclic) bond motifs is 9. The Morgan fingerprint density at radius 2 is 0.700 bits per heavy atom. The molecule has 208 valence electrons. The average Bonchev–Trinajstić information content (AvgIpc) is 3.60. The molecule has 0 N–H and O–H groups in total. The van der Waals surface area contributed by atoms with E-state index in [0.717, 1.165) is 35.5 Å². The summed E-state index contributed by atoms with van der Waals surface area (Å²) in [6, 6.07) is 22.6. The van der Waals surface area contributed by atoms with Gasteiger partial charge in [0.2, 0.25) is 0 Å². The van der Waals surface area contributed by atoms with Crippen LogP contribution >= 0.6 is 0 Å². The van der Waals surface area contributed by atoms with Gasteiger partial charge in [0.1, 0.15) is 22.7 Å². The van der Waals surface area contributed by atoms with Crippen LogP contribution in [0.15, 0.2) is 69.5 Å². The minimum Gasteiger partial charge on any atom is -0.461 e. The topological polar surface area (TPSA) is 26.3 Å². The summed E-state index contributed by atoms with van der Waals surface area (Å²) >= 11 is 0. The van der Waals surface area contributed by atoms with Gasteiger partial charge in [-0.1, -0.05) is 114 Å². The highest BCUT2D eigenvalue weighted by molar-refractivity contribution is 6.24. The predicted molar refractivity (Wildman–Crippen MR) is 173 cm³/mol. The van der Waals surface area contributed by atoms with E-state index in [1.54, 1.807) is 0 Å². The van der Waals surface area contributed by atoms with Crippen molar-refractivity contribution in [1.29, 1.82) is 0 Å². The number of unbranched alkanes of at least 4 members (excludes halogenated alkanes) is 10. The summed E-state index contributed by atoms with van der Waals surface area (Å²) in [6.45, 7) is 4.55. The normalized spacial score (nSPS) is 12.2. The Morgan fingerprint density at radius 1 is 0.375 bits per heavy atom. The SMILES string of the molecule is CCCCCCCCc1cc2c(ccc3c2ccc2c4ccc5oc(CCCCCCCC)cc5c4ccc32)o1. The first-order valence-corrected chi connectivity index (χ1v) is 16.0. The zero-order valence-electron chi connectivity index (χ0n) is 24.5. The average molecular weight is 533 g/mol. The molecule has 0 unspecified atom stereocenters. The number of hydrogen-bond acceptors (Lipinski definition) is 2. The van der Waals surface area contributed by atoms with Gasteiger partial charge in [-0.3, -0.25) is 0 Å². The summed E-state index contributed by atoms with van der Waals surface area (Å²) in [7, 11) is 0. The molecule has 2 aromatic heterocycles. The summed E-state index contributed by atoms with van der Waals surface area (Å²) in [6.07, 6.45) is 17.8. The molecule has 6 aromatic rings. The Balaban J connectivity index is 1.26. The Hall–Kier alpha value is -3.26. The molecule has 2 nitrogen and oxygen atoms in total. The van der Waals surface area contributed by atoms with Crippen LogP contribution in [0.3, 0.4) is 0 Å². The Morgan fingerprint density at radius 3 is 1.10 bits per heavy atom. The summed E-state index contributed by atoms with van der Waals surface area (Å²) in [5, 5.41) is 10.3. The van der Waals surface area contributed by atoms with Gasteiger partial charge in [-0.05, 0) is 69.4 Å². The summed E-state index contributed by atoms with van der Waals surface area (Å²) in [5.74, 6) is 2.24. The first kappa shape index (κ1) is 26.9. The highest BCUT2D eigenvalue weighted by Gasteiger charge is 2.13. The second kappa shape index (κ2) is 12.5. The molecule has 6 rings (SSSR count). The van der Waals surface area contributed by atoms with Crippen molar-refractivity contribution in [3.8, 4) is 0 Å². The Bertz CT molecular complexity index is 1600. The maximum absolute atomic E-state index is 6.28. The molecule has 40 heavy (non-hydrogen) atoms. The fourth-order valence-corrected chi connectivity index (χ4v) is 6.59. The minimum absolute atomic E-state index is 1.01. The maximum atomic E-state index is 6.28. The van der Waals surface area contributed by atoms with E-state index >= 15 is 0 Å². The van der Waals surface area contributed by atoms with Crippen LogP contribution in [-0.4, -0.2) is 0 Å². The van der Waals surface area contributed by atoms with Crippen molar-refractivity contribution >= 4 is 54.3 Å². The zero-order valence-corrected chi connectivity index (χ0v) is 24.5. The van der Waals surface area contributed by atoms with Gasteiger partial charge >= 0.3 is 0 Å². The van der Waals surface area contributed by atoms with E-state index in [0.29, 0.717) is 0 Å². The van der Waals surface area contributed by atoms with Crippen LogP contribution < -0.4 is 0 Å². The lowest BCUT2D eigenvalue weighted by atomic mass is 9.94. The van der Waals surface area contributed by atoms with E-state index in [2.05, 4.69) is 74.5 Å². The van der Waals surface area contributed by atoms with E-state index in [4.69, 9.17) is 8.83 Å². The van der Waals surface area contributed by atoms with Gasteiger partial charge in [-0.25, -0.2) is 0 Å². The molecule has 0 aliphatic heterocycles. The smallest absolute Gasteiger partial charge is 0.134 e. The second-order valence-electron chi connectivity index (χ2n) is 11.8. The number of rotatable bonds is 14. The Kier molecular flexibility index (Phi) is 8.42. The number of benzene rings is 4. The van der Waals surface area contributed by atoms with Crippen LogP contribution in [-0.2, 0) is 12.8 Å². The summed E-state index contributed by atoms with van der Waals surface area (Å²) < 4.78 is 12.6. The van der Waals surface area contributed by atoms with Gasteiger partial charge in [-0.15, -0.1) is 0 Å². The van der Waals surface area contributed by atoms with Gasteiger partial charge in [-0.2, -0.15) is 0 Å². The quantitative estimate of drug-likeness (QED) is 0.103. The third kappa shape index (κ3) is 5.51. The molecule has 0 aliphatic rings. The molecular weight excluding hydrogens is 488 g/mol. The monoisotopic (exact) mass is 532 g/mol. The molecule has 0 radical (unpaired) electrons. The van der Waals surface area contributed by atoms with Crippen molar-refractivity contribution in [3.63, 3.8) is 0 Å². The fourth-order valence-electron chi connectivity index (χ4n) is 6.59. The molecule has 0 saturated heterocycles. The van der Waals surface area contributed by atoms with Gasteiger partial charge in [0.05, 0.1) is 0 Å². The third-order valence-corrected chi connectivity index (χ3v) is 8.84. The molecule has 4 aromatic carbocycles. The molecule has 0 saturated carbocycles. The van der Waals surface area contributed by atoms with Crippen molar-refractivity contribution in [2.24, 2.45) is 0 Å². The minimum atomic E-state index is 1.01. The summed E-state index contributed by atoms with van der Waals surface area (Å²) in [4.78, 5) is 0. The number of furan rings is 2. The number of aryl methyl sites for hydroxylation is 2. The van der Waals surface area contributed by atoms with Crippen LogP contribution in [0.1, 0.15) is 102 Å². The van der Waals surface area contributed by atoms with E-state index in [9.17, 15) is 0 Å². The molecule has 0 bridgehead atoms. The molecule has 0 spiro atoms. The number of hydrogen-bond donors (Lipinski definition) is 0. The van der Waals surface area contributed by atoms with E-state index in [1.165, 1.54) is 120 Å². The van der Waals surface area contributed by atoms with Crippen LogP contribution in [0.5, 0.6) is 0 Å². The van der Waals surface area contributed by atoms with E-state index < -0.39 is 0 Å². The third-order valence-electron chi connectivity index (χ3n) is 8.84. The first-order valence-electron chi connectivity index (χ1n) is 16.0. The van der Waals surface area contributed by atoms with Crippen molar-refractivity contribution in [3.05, 3.63) is 72.2 Å². The lowest BCUT2D eigenvalue weighted by Crippen LogP contribution is -1.83. The van der Waals surface area contributed by atoms with E-state index in [1.807, 2.05) is 0 Å². The van der Waals surface area contributed by atoms with Crippen LogP contribution in [0.2, 0.25) is 0 Å². The molecule has 0 atom stereocenters. The van der Waals surface area contributed by atoms with Crippen molar-refractivity contribution < 1.29 is 8.83 Å². The lowest BCUT2D eigenvalue weighted by Gasteiger charge is -2.08. The van der Waals surface area contributed by atoms with Crippen molar-refractivity contribution in [2.45, 2.75) is 104 Å². The zero-order chi connectivity index (χ0) is 27.3. The van der Waals surface area contributed by atoms with Gasteiger partial charge in [0, 0.05) is 23.6 Å². The van der Waals surface area contributed by atoms with Crippen LogP contribution in [0.4, 0.5) is 0 Å². The fraction of sp³-hybridized carbons (Fsp3) is 0.421. The largest absolute Gasteiger partial charge is 0.461 e. The van der Waals surface area contributed by atoms with Gasteiger partial charge in [0.25, 0.3) is 0 Å². The van der Waals surface area contributed by atoms with Crippen LogP contribution in [0.25, 0.3) is 54.3 Å². The molecule has 0 aliphatic carbocycles. The van der Waals surface area contributed by atoms with Crippen molar-refractivity contribution in [2.75, 3.05) is 0 Å². The molecule has 0 amide bonds. The molecule has 2 heterocycles. The van der Waals surface area contributed by atoms with Crippen molar-refractivity contribution in [1.82, 2.24) is 0 Å². The summed E-state index contributed by atoms with van der Waals surface area (Å²) in [5.41, 5.74) is 2.01. The standard InChI is InChI=1S/C38H44O2/c1-3-5-7-9-11-13-15-27-25-35-33-19-17-30-29(31(33)21-23-37(35)39-27)18-20-34-32(30)22-24-38-36(34)26-28(40-38)16-14-12-10-8-6-4-2/h17-26H,3-16H2,1-2H3. The molecule has 0 fully saturated rings.